The minimum absolute atomic E-state index is 0.304. The molecule has 1 saturated carbocycles. The van der Waals surface area contributed by atoms with Crippen LogP contribution in [0.15, 0.2) is 54.4 Å². The fourth-order valence-electron chi connectivity index (χ4n) is 3.76. The first-order valence-corrected chi connectivity index (χ1v) is 11.3. The summed E-state index contributed by atoms with van der Waals surface area (Å²) in [4.78, 5) is 21.3. The maximum absolute atomic E-state index is 13.0. The summed E-state index contributed by atoms with van der Waals surface area (Å²) in [6.07, 6.45) is 1.63. The van der Waals surface area contributed by atoms with Crippen molar-refractivity contribution in [3.8, 4) is 22.9 Å². The lowest BCUT2D eigenvalue weighted by molar-refractivity contribution is -0.131. The number of allylic oxidation sites excluding steroid dienone is 1. The second-order valence-electron chi connectivity index (χ2n) is 8.24. The van der Waals surface area contributed by atoms with Crippen LogP contribution < -0.4 is 25.8 Å². The monoisotopic (exact) mass is 496 g/mol. The zero-order valence-corrected chi connectivity index (χ0v) is 19.6. The van der Waals surface area contributed by atoms with Crippen LogP contribution in [0.25, 0.3) is 22.3 Å². The van der Waals surface area contributed by atoms with Gasteiger partial charge in [0.05, 0.1) is 17.8 Å². The van der Waals surface area contributed by atoms with E-state index in [0.29, 0.717) is 51.9 Å². The Morgan fingerprint density at radius 2 is 1.97 bits per heavy atom. The van der Waals surface area contributed by atoms with Crippen molar-refractivity contribution in [1.29, 1.82) is 5.41 Å². The molecule has 0 spiro atoms. The maximum Gasteiger partial charge on any atom is 0.258 e. The highest BCUT2D eigenvalue weighted by molar-refractivity contribution is 5.94. The quantitative estimate of drug-likeness (QED) is 0.313. The van der Waals surface area contributed by atoms with E-state index in [1.54, 1.807) is 36.4 Å². The molecule has 1 aliphatic rings. The SMILES string of the molecule is CCOc1ccc2nc(-c3cccc(OCC(=O)NC4CC(F)(F)C4)c3)nc(N/C(C=N)=C/N)c2c1. The highest BCUT2D eigenvalue weighted by Crippen LogP contribution is 2.37. The first kappa shape index (κ1) is 24.8. The summed E-state index contributed by atoms with van der Waals surface area (Å²) in [5.41, 5.74) is 7.21. The van der Waals surface area contributed by atoms with Crippen LogP contribution in [-0.4, -0.2) is 47.3 Å². The van der Waals surface area contributed by atoms with Crippen LogP contribution in [0.1, 0.15) is 19.8 Å². The molecule has 0 saturated heterocycles. The van der Waals surface area contributed by atoms with E-state index >= 15 is 0 Å². The van der Waals surface area contributed by atoms with Gasteiger partial charge in [-0.15, -0.1) is 0 Å². The van der Waals surface area contributed by atoms with Crippen LogP contribution in [0.2, 0.25) is 0 Å². The Bertz CT molecular complexity index is 1310. The zero-order valence-electron chi connectivity index (χ0n) is 19.6. The Balaban J connectivity index is 1.56. The van der Waals surface area contributed by atoms with E-state index < -0.39 is 17.9 Å². The number of carbonyl (C=O) groups excluding carboxylic acids is 1. The van der Waals surface area contributed by atoms with Crippen LogP contribution in [-0.2, 0) is 4.79 Å². The molecular formula is C25H26F2N6O3. The molecule has 1 aromatic heterocycles. The number of nitrogens with two attached hydrogens (primary N) is 1. The molecule has 0 unspecified atom stereocenters. The number of alkyl halides is 2. The molecule has 36 heavy (non-hydrogen) atoms. The highest BCUT2D eigenvalue weighted by atomic mass is 19.3. The molecule has 0 atom stereocenters. The number of anilines is 1. The lowest BCUT2D eigenvalue weighted by Gasteiger charge is -2.35. The standard InChI is InChI=1S/C25H26F2N6O3/c1-2-35-19-6-7-21-20(9-19)24(31-17(12-28)13-29)33-23(32-21)15-4-3-5-18(8-15)36-14-22(34)30-16-10-25(26,27)11-16/h3-9,12-13,16,28H,2,10-11,14,29H2,1H3,(H,30,34)(H,31,32,33)/b17-13+,28-12?. The number of benzene rings is 2. The molecule has 1 heterocycles. The Hall–Kier alpha value is -4.28. The fourth-order valence-corrected chi connectivity index (χ4v) is 3.76. The topological polar surface area (TPSA) is 135 Å². The highest BCUT2D eigenvalue weighted by Gasteiger charge is 2.45. The Kier molecular flexibility index (Phi) is 7.28. The summed E-state index contributed by atoms with van der Waals surface area (Å²) < 4.78 is 37.1. The number of nitrogens with one attached hydrogen (secondary N) is 3. The van der Waals surface area contributed by atoms with Gasteiger partial charge in [0.25, 0.3) is 11.8 Å². The predicted octanol–water partition coefficient (Wildman–Crippen LogP) is 3.85. The van der Waals surface area contributed by atoms with Gasteiger partial charge in [-0.25, -0.2) is 18.7 Å². The molecule has 0 bridgehead atoms. The summed E-state index contributed by atoms with van der Waals surface area (Å²) in [6.45, 7) is 2.08. The molecule has 1 fully saturated rings. The van der Waals surface area contributed by atoms with Gasteiger partial charge in [0.2, 0.25) is 0 Å². The molecule has 0 radical (unpaired) electrons. The largest absolute Gasteiger partial charge is 0.494 e. The van der Waals surface area contributed by atoms with E-state index in [1.807, 2.05) is 13.0 Å². The van der Waals surface area contributed by atoms with Gasteiger partial charge in [-0.2, -0.15) is 0 Å². The van der Waals surface area contributed by atoms with Gasteiger partial charge in [-0.05, 0) is 37.3 Å². The number of hydrogen-bond acceptors (Lipinski definition) is 8. The molecule has 11 heteroatoms. The molecule has 3 aromatic rings. The molecule has 188 valence electrons. The summed E-state index contributed by atoms with van der Waals surface area (Å²) in [6, 6.07) is 11.8. The molecule has 5 N–H and O–H groups in total. The number of nitrogens with zero attached hydrogens (tertiary/aromatic N) is 2. The van der Waals surface area contributed by atoms with Crippen molar-refractivity contribution in [2.45, 2.75) is 31.7 Å². The molecular weight excluding hydrogens is 470 g/mol. The van der Waals surface area contributed by atoms with Gasteiger partial charge in [0.15, 0.2) is 12.4 Å². The molecule has 1 amide bonds. The maximum atomic E-state index is 13.0. The van der Waals surface area contributed by atoms with Gasteiger partial charge < -0.3 is 31.3 Å². The van der Waals surface area contributed by atoms with Crippen molar-refractivity contribution in [2.24, 2.45) is 5.73 Å². The third kappa shape index (κ3) is 5.85. The van der Waals surface area contributed by atoms with Crippen molar-refractivity contribution in [3.05, 3.63) is 54.4 Å². The van der Waals surface area contributed by atoms with Crippen molar-refractivity contribution < 1.29 is 23.0 Å². The van der Waals surface area contributed by atoms with Crippen molar-refractivity contribution in [3.63, 3.8) is 0 Å². The average Bonchev–Trinajstić information content (AvgIpc) is 2.85. The Morgan fingerprint density at radius 3 is 2.67 bits per heavy atom. The van der Waals surface area contributed by atoms with E-state index in [4.69, 9.17) is 20.6 Å². The van der Waals surface area contributed by atoms with E-state index in [1.165, 1.54) is 6.20 Å². The van der Waals surface area contributed by atoms with E-state index in [0.717, 1.165) is 6.21 Å². The van der Waals surface area contributed by atoms with Crippen LogP contribution in [0, 0.1) is 5.41 Å². The fraction of sp³-hybridized carbons (Fsp3) is 0.280. The minimum atomic E-state index is -2.70. The first-order valence-electron chi connectivity index (χ1n) is 11.3. The van der Waals surface area contributed by atoms with E-state index in [9.17, 15) is 13.6 Å². The average molecular weight is 497 g/mol. The Labute approximate surface area is 206 Å². The molecule has 2 aromatic carbocycles. The van der Waals surface area contributed by atoms with Crippen LogP contribution in [0.5, 0.6) is 11.5 Å². The second kappa shape index (κ2) is 10.5. The van der Waals surface area contributed by atoms with Crippen molar-refractivity contribution in [1.82, 2.24) is 15.3 Å². The third-order valence-electron chi connectivity index (χ3n) is 5.49. The summed E-state index contributed by atoms with van der Waals surface area (Å²) in [5.74, 6) is -1.32. The zero-order chi connectivity index (χ0) is 25.7. The van der Waals surface area contributed by atoms with E-state index in [2.05, 4.69) is 20.6 Å². The lowest BCUT2D eigenvalue weighted by Crippen LogP contribution is -2.51. The second-order valence-corrected chi connectivity index (χ2v) is 8.24. The van der Waals surface area contributed by atoms with Gasteiger partial charge in [-0.1, -0.05) is 12.1 Å². The molecule has 9 nitrogen and oxygen atoms in total. The number of halogens is 2. The predicted molar refractivity (Wildman–Crippen MR) is 132 cm³/mol. The normalized spacial score (nSPS) is 15.1. The molecule has 1 aliphatic carbocycles. The van der Waals surface area contributed by atoms with Crippen LogP contribution in [0.4, 0.5) is 14.6 Å². The van der Waals surface area contributed by atoms with Gasteiger partial charge in [0, 0.05) is 42.2 Å². The van der Waals surface area contributed by atoms with Gasteiger partial charge in [-0.3, -0.25) is 4.79 Å². The number of amides is 1. The minimum Gasteiger partial charge on any atom is -0.494 e. The number of carbonyl (C=O) groups is 1. The number of aromatic nitrogens is 2. The van der Waals surface area contributed by atoms with Crippen molar-refractivity contribution in [2.75, 3.05) is 18.5 Å². The van der Waals surface area contributed by atoms with Crippen LogP contribution >= 0.6 is 0 Å². The summed E-state index contributed by atoms with van der Waals surface area (Å²) in [7, 11) is 0. The molecule has 4 rings (SSSR count). The molecule has 0 aliphatic heterocycles. The summed E-state index contributed by atoms with van der Waals surface area (Å²) >= 11 is 0. The number of fused-ring (bicyclic) bond motifs is 1. The van der Waals surface area contributed by atoms with Gasteiger partial charge in [0.1, 0.15) is 17.3 Å². The summed E-state index contributed by atoms with van der Waals surface area (Å²) in [5, 5.41) is 13.8. The number of rotatable bonds is 10. The van der Waals surface area contributed by atoms with Crippen molar-refractivity contribution >= 4 is 28.8 Å². The van der Waals surface area contributed by atoms with Crippen LogP contribution in [0.3, 0.4) is 0 Å². The lowest BCUT2D eigenvalue weighted by atomic mass is 9.88. The number of hydrogen-bond donors (Lipinski definition) is 4. The van der Waals surface area contributed by atoms with E-state index in [-0.39, 0.29) is 19.4 Å². The first-order chi connectivity index (χ1) is 17.3. The third-order valence-corrected chi connectivity index (χ3v) is 5.49. The van der Waals surface area contributed by atoms with Gasteiger partial charge >= 0.3 is 0 Å². The Morgan fingerprint density at radius 1 is 1.19 bits per heavy atom. The smallest absolute Gasteiger partial charge is 0.258 e. The number of ether oxygens (including phenoxy) is 2.